The third kappa shape index (κ3) is 10.6. The highest BCUT2D eigenvalue weighted by atomic mass is 16.6. The highest BCUT2D eigenvalue weighted by Gasteiger charge is 2.25. The van der Waals surface area contributed by atoms with Crippen LogP contribution in [0.4, 0.5) is 9.59 Å². The van der Waals surface area contributed by atoms with E-state index >= 15 is 0 Å². The molecule has 0 aromatic carbocycles. The number of allylic oxidation sites excluding steroid dienone is 2. The molecular formula is C31H49N3O6. The number of likely N-dealkylation sites (tertiary alicyclic amines) is 1. The zero-order valence-corrected chi connectivity index (χ0v) is 24.9. The van der Waals surface area contributed by atoms with Gasteiger partial charge in [-0.25, -0.2) is 9.59 Å². The normalized spacial score (nSPS) is 27.4. The van der Waals surface area contributed by atoms with E-state index in [1.807, 2.05) is 51.2 Å². The maximum atomic E-state index is 12.8. The lowest BCUT2D eigenvalue weighted by Gasteiger charge is -2.32. The van der Waals surface area contributed by atoms with Crippen LogP contribution in [-0.4, -0.2) is 98.0 Å². The van der Waals surface area contributed by atoms with Gasteiger partial charge < -0.3 is 28.9 Å². The van der Waals surface area contributed by atoms with Gasteiger partial charge in [-0.2, -0.15) is 0 Å². The van der Waals surface area contributed by atoms with Crippen molar-refractivity contribution in [3.05, 3.63) is 36.0 Å². The van der Waals surface area contributed by atoms with Gasteiger partial charge >= 0.3 is 18.2 Å². The second-order valence-electron chi connectivity index (χ2n) is 11.5. The van der Waals surface area contributed by atoms with Crippen molar-refractivity contribution in [2.75, 3.05) is 52.9 Å². The van der Waals surface area contributed by atoms with Crippen molar-refractivity contribution < 1.29 is 28.6 Å². The van der Waals surface area contributed by atoms with E-state index in [9.17, 15) is 14.4 Å². The highest BCUT2D eigenvalue weighted by Crippen LogP contribution is 2.22. The van der Waals surface area contributed by atoms with E-state index in [4.69, 9.17) is 14.2 Å². The molecule has 9 nitrogen and oxygen atoms in total. The predicted octanol–water partition coefficient (Wildman–Crippen LogP) is 5.18. The van der Waals surface area contributed by atoms with Gasteiger partial charge in [-0.1, -0.05) is 44.6 Å². The number of hydrogen-bond donors (Lipinski definition) is 0. The molecule has 224 valence electrons. The minimum Gasteiger partial charge on any atom is -0.457 e. The number of nitrogens with zero attached hydrogens (tertiary/aromatic N) is 3. The lowest BCUT2D eigenvalue weighted by atomic mass is 9.95. The van der Waals surface area contributed by atoms with Gasteiger partial charge in [0.15, 0.2) is 0 Å². The molecular weight excluding hydrogens is 510 g/mol. The quantitative estimate of drug-likeness (QED) is 0.192. The van der Waals surface area contributed by atoms with E-state index in [2.05, 4.69) is 11.9 Å². The maximum Gasteiger partial charge on any atom is 0.410 e. The number of rotatable bonds is 6. The summed E-state index contributed by atoms with van der Waals surface area (Å²) in [6.45, 7) is 10.9. The van der Waals surface area contributed by atoms with Gasteiger partial charge in [-0.05, 0) is 57.7 Å². The van der Waals surface area contributed by atoms with Crippen molar-refractivity contribution >= 4 is 18.2 Å². The van der Waals surface area contributed by atoms with Crippen molar-refractivity contribution in [2.45, 2.75) is 77.9 Å². The number of likely N-dealkylation sites (N-methyl/N-ethyl adjacent to an activating group) is 1. The van der Waals surface area contributed by atoms with E-state index in [0.717, 1.165) is 70.3 Å². The van der Waals surface area contributed by atoms with Crippen LogP contribution >= 0.6 is 0 Å². The topological polar surface area (TPSA) is 88.6 Å². The Kier molecular flexibility index (Phi) is 13.0. The summed E-state index contributed by atoms with van der Waals surface area (Å²) in [5.41, 5.74) is 0.922. The molecule has 9 heteroatoms. The Labute approximate surface area is 240 Å². The van der Waals surface area contributed by atoms with Crippen molar-refractivity contribution in [3.63, 3.8) is 0 Å². The Morgan fingerprint density at radius 3 is 2.42 bits per heavy atom. The number of carbonyl (C=O) groups excluding carboxylic acids is 3. The summed E-state index contributed by atoms with van der Waals surface area (Å²) in [6.07, 6.45) is 14.3. The first kappa shape index (κ1) is 31.7. The van der Waals surface area contributed by atoms with Gasteiger partial charge in [-0.3, -0.25) is 4.79 Å². The second kappa shape index (κ2) is 16.5. The molecule has 0 aliphatic carbocycles. The molecule has 2 saturated heterocycles. The number of esters is 1. The Balaban J connectivity index is 1.59. The third-order valence-electron chi connectivity index (χ3n) is 7.83. The maximum absolute atomic E-state index is 12.8. The molecule has 4 atom stereocenters. The summed E-state index contributed by atoms with van der Waals surface area (Å²) in [5.74, 6) is -0.234. The summed E-state index contributed by atoms with van der Waals surface area (Å²) in [7, 11) is 2.06. The number of ether oxygens (including phenoxy) is 3. The third-order valence-corrected chi connectivity index (χ3v) is 7.83. The van der Waals surface area contributed by atoms with Crippen LogP contribution in [0.1, 0.15) is 65.7 Å². The molecule has 0 spiro atoms. The zero-order valence-electron chi connectivity index (χ0n) is 24.9. The molecule has 0 N–H and O–H groups in total. The first-order chi connectivity index (χ1) is 19.2. The average Bonchev–Trinajstić information content (AvgIpc) is 3.47. The predicted molar refractivity (Wildman–Crippen MR) is 155 cm³/mol. The number of cyclic esters (lactones) is 1. The molecule has 40 heavy (non-hydrogen) atoms. The Bertz CT molecular complexity index is 918. The molecule has 0 radical (unpaired) electrons. The van der Waals surface area contributed by atoms with Crippen molar-refractivity contribution in [3.8, 4) is 0 Å². The summed E-state index contributed by atoms with van der Waals surface area (Å²) in [5, 5.41) is 0. The average molecular weight is 560 g/mol. The van der Waals surface area contributed by atoms with Crippen molar-refractivity contribution in [1.82, 2.24) is 14.7 Å². The van der Waals surface area contributed by atoms with Crippen molar-refractivity contribution in [2.24, 2.45) is 11.8 Å². The van der Waals surface area contributed by atoms with Gasteiger partial charge in [0, 0.05) is 57.5 Å². The largest absolute Gasteiger partial charge is 0.457 e. The van der Waals surface area contributed by atoms with E-state index in [-0.39, 0.29) is 36.1 Å². The highest BCUT2D eigenvalue weighted by molar-refractivity contribution is 5.70. The van der Waals surface area contributed by atoms with E-state index in [0.29, 0.717) is 26.1 Å². The Morgan fingerprint density at radius 2 is 1.70 bits per heavy atom. The molecule has 2 amide bonds. The minimum atomic E-state index is -0.426. The molecule has 0 unspecified atom stereocenters. The van der Waals surface area contributed by atoms with Gasteiger partial charge in [-0.15, -0.1) is 0 Å². The standard InChI is InChI=1S/C31H49N3O6/c1-24(23-38-30(36)33-17-8-9-18-33)11-10-12-25(2)29-26(3)15-16-27(13-6-5-7-14-28(35)40-29)39-31(37)34-21-19-32(4)20-22-34/h10-12,15-16,24,26-27,29H,5-9,13-14,17-23H2,1-4H3/b11-10+,16-15+,25-12+/t24-,26+,27+,29-/m1/s1. The molecule has 3 aliphatic heterocycles. The summed E-state index contributed by atoms with van der Waals surface area (Å²) in [4.78, 5) is 43.3. The zero-order chi connectivity index (χ0) is 28.9. The fraction of sp³-hybridized carbons (Fsp3) is 0.710. The molecule has 0 bridgehead atoms. The Morgan fingerprint density at radius 1 is 1.00 bits per heavy atom. The van der Waals surface area contributed by atoms with E-state index in [1.54, 1.807) is 9.80 Å². The van der Waals surface area contributed by atoms with E-state index in [1.165, 1.54) is 0 Å². The monoisotopic (exact) mass is 559 g/mol. The smallest absolute Gasteiger partial charge is 0.410 e. The summed E-state index contributed by atoms with van der Waals surface area (Å²) < 4.78 is 17.3. The summed E-state index contributed by atoms with van der Waals surface area (Å²) >= 11 is 0. The van der Waals surface area contributed by atoms with Crippen LogP contribution in [0.2, 0.25) is 0 Å². The lowest BCUT2D eigenvalue weighted by Crippen LogP contribution is -2.47. The van der Waals surface area contributed by atoms with Crippen LogP contribution in [0.25, 0.3) is 0 Å². The number of carbonyl (C=O) groups is 3. The number of hydrogen-bond acceptors (Lipinski definition) is 7. The second-order valence-corrected chi connectivity index (χ2v) is 11.5. The van der Waals surface area contributed by atoms with Gasteiger partial charge in [0.1, 0.15) is 12.2 Å². The van der Waals surface area contributed by atoms with Gasteiger partial charge in [0.2, 0.25) is 0 Å². The van der Waals surface area contributed by atoms with Gasteiger partial charge in [0.25, 0.3) is 0 Å². The number of piperazine rings is 1. The van der Waals surface area contributed by atoms with Crippen LogP contribution < -0.4 is 0 Å². The molecule has 3 aliphatic rings. The first-order valence-electron chi connectivity index (χ1n) is 15.0. The Hall–Kier alpha value is -2.81. The lowest BCUT2D eigenvalue weighted by molar-refractivity contribution is -0.148. The van der Waals surface area contributed by atoms with Gasteiger partial charge in [0.05, 0.1) is 6.61 Å². The molecule has 0 saturated carbocycles. The molecule has 3 heterocycles. The molecule has 0 aromatic rings. The summed E-state index contributed by atoms with van der Waals surface area (Å²) in [6, 6.07) is 0. The van der Waals surface area contributed by atoms with E-state index < -0.39 is 6.10 Å². The fourth-order valence-corrected chi connectivity index (χ4v) is 5.14. The molecule has 0 aromatic heterocycles. The van der Waals surface area contributed by atoms with Crippen LogP contribution in [0.3, 0.4) is 0 Å². The van der Waals surface area contributed by atoms with Crippen LogP contribution in [-0.2, 0) is 19.0 Å². The first-order valence-corrected chi connectivity index (χ1v) is 15.0. The SMILES string of the molecule is C/C(=C\C=C\[C@@H](C)COC(=O)N1CCCC1)[C@H]1OC(=O)CCCCC[C@H](OC(=O)N2CCN(C)CC2)/C=C/[C@@H]1C. The minimum absolute atomic E-state index is 0.0579. The van der Waals surface area contributed by atoms with Crippen LogP contribution in [0, 0.1) is 11.8 Å². The number of amides is 2. The molecule has 3 rings (SSSR count). The van der Waals surface area contributed by atoms with Crippen LogP contribution in [0.5, 0.6) is 0 Å². The fourth-order valence-electron chi connectivity index (χ4n) is 5.14. The van der Waals surface area contributed by atoms with Crippen molar-refractivity contribution in [1.29, 1.82) is 0 Å². The molecule has 2 fully saturated rings. The van der Waals surface area contributed by atoms with Crippen LogP contribution in [0.15, 0.2) is 36.0 Å².